The average Bonchev–Trinajstić information content (AvgIpc) is 3.21. The molecular formula is C21H20Cl2N4O4S. The second-order valence-electron chi connectivity index (χ2n) is 7.09. The first-order valence-corrected chi connectivity index (χ1v) is 12.0. The highest BCUT2D eigenvalue weighted by Crippen LogP contribution is 2.31. The van der Waals surface area contributed by atoms with Gasteiger partial charge in [-0.15, -0.1) is 0 Å². The first-order chi connectivity index (χ1) is 15.4. The molecule has 0 radical (unpaired) electrons. The maximum absolute atomic E-state index is 13.1. The zero-order valence-corrected chi connectivity index (χ0v) is 19.2. The van der Waals surface area contributed by atoms with Crippen molar-refractivity contribution in [2.75, 3.05) is 31.6 Å². The van der Waals surface area contributed by atoms with Gasteiger partial charge < -0.3 is 10.1 Å². The number of benzene rings is 2. The van der Waals surface area contributed by atoms with E-state index in [1.807, 2.05) is 30.3 Å². The van der Waals surface area contributed by atoms with Crippen LogP contribution in [0, 0.1) is 0 Å². The smallest absolute Gasteiger partial charge is 0.258 e. The second-order valence-corrected chi connectivity index (χ2v) is 9.81. The van der Waals surface area contributed by atoms with Crippen molar-refractivity contribution in [3.63, 3.8) is 0 Å². The van der Waals surface area contributed by atoms with E-state index in [-0.39, 0.29) is 33.6 Å². The van der Waals surface area contributed by atoms with Gasteiger partial charge in [-0.05, 0) is 17.7 Å². The molecule has 1 fully saturated rings. The Balaban J connectivity index is 1.60. The predicted molar refractivity (Wildman–Crippen MR) is 122 cm³/mol. The Morgan fingerprint density at radius 1 is 1.06 bits per heavy atom. The van der Waals surface area contributed by atoms with Crippen molar-refractivity contribution in [1.82, 2.24) is 14.1 Å². The van der Waals surface area contributed by atoms with Crippen LogP contribution < -0.4 is 5.32 Å². The van der Waals surface area contributed by atoms with Crippen LogP contribution in [0.25, 0.3) is 0 Å². The summed E-state index contributed by atoms with van der Waals surface area (Å²) in [5, 5.41) is 6.99. The van der Waals surface area contributed by atoms with Gasteiger partial charge in [-0.25, -0.2) is 13.1 Å². The van der Waals surface area contributed by atoms with Gasteiger partial charge in [-0.2, -0.15) is 9.40 Å². The maximum Gasteiger partial charge on any atom is 0.258 e. The van der Waals surface area contributed by atoms with Crippen molar-refractivity contribution >= 4 is 45.0 Å². The molecule has 3 aromatic rings. The third kappa shape index (κ3) is 4.82. The zero-order chi connectivity index (χ0) is 22.7. The molecule has 11 heteroatoms. The van der Waals surface area contributed by atoms with Crippen molar-refractivity contribution in [3.05, 3.63) is 75.9 Å². The molecule has 1 N–H and O–H groups in total. The van der Waals surface area contributed by atoms with Crippen LogP contribution in [0.2, 0.25) is 10.0 Å². The van der Waals surface area contributed by atoms with Gasteiger partial charge >= 0.3 is 0 Å². The summed E-state index contributed by atoms with van der Waals surface area (Å²) in [5.41, 5.74) is 1.01. The number of sulfonamides is 1. The van der Waals surface area contributed by atoms with E-state index < -0.39 is 15.9 Å². The SMILES string of the molecule is O=C(Nc1ccnn1Cc1ccccc1)c1cc(S(=O)(=O)N2CCOCC2)c(Cl)cc1Cl. The van der Waals surface area contributed by atoms with E-state index in [2.05, 4.69) is 10.4 Å². The Bertz CT molecular complexity index is 1230. The second kappa shape index (κ2) is 9.60. The van der Waals surface area contributed by atoms with E-state index in [1.54, 1.807) is 16.9 Å². The highest BCUT2D eigenvalue weighted by Gasteiger charge is 2.30. The summed E-state index contributed by atoms with van der Waals surface area (Å²) in [5.74, 6) is -0.123. The molecule has 1 aromatic heterocycles. The average molecular weight is 495 g/mol. The number of amides is 1. The Morgan fingerprint density at radius 2 is 1.78 bits per heavy atom. The van der Waals surface area contributed by atoms with Crippen molar-refractivity contribution < 1.29 is 17.9 Å². The lowest BCUT2D eigenvalue weighted by Gasteiger charge is -2.26. The summed E-state index contributed by atoms with van der Waals surface area (Å²) < 4.78 is 34.3. The number of ether oxygens (including phenoxy) is 1. The van der Waals surface area contributed by atoms with Crippen LogP contribution in [0.4, 0.5) is 5.82 Å². The predicted octanol–water partition coefficient (Wildman–Crippen LogP) is 3.51. The van der Waals surface area contributed by atoms with E-state index in [0.29, 0.717) is 25.6 Å². The summed E-state index contributed by atoms with van der Waals surface area (Å²) in [7, 11) is -3.91. The quantitative estimate of drug-likeness (QED) is 0.565. The van der Waals surface area contributed by atoms with Crippen LogP contribution >= 0.6 is 23.2 Å². The molecule has 2 aromatic carbocycles. The van der Waals surface area contributed by atoms with E-state index >= 15 is 0 Å². The number of morpholine rings is 1. The Labute approximate surface area is 195 Å². The molecule has 0 aliphatic carbocycles. The molecule has 1 aliphatic heterocycles. The van der Waals surface area contributed by atoms with Crippen LogP contribution in [0.3, 0.4) is 0 Å². The summed E-state index contributed by atoms with van der Waals surface area (Å²) in [6.07, 6.45) is 1.57. The standard InChI is InChI=1S/C21H20Cl2N4O4S/c22-17-13-18(23)19(32(29,30)26-8-10-31-11-9-26)12-16(17)21(28)25-20-6-7-24-27(20)14-15-4-2-1-3-5-15/h1-7,12-13H,8-11,14H2,(H,25,28). The minimum absolute atomic E-state index is 0.00429. The van der Waals surface area contributed by atoms with Gasteiger partial charge in [0.05, 0.1) is 41.6 Å². The molecule has 0 spiro atoms. The fourth-order valence-electron chi connectivity index (χ4n) is 3.33. The Hall–Kier alpha value is -2.43. The van der Waals surface area contributed by atoms with E-state index in [4.69, 9.17) is 27.9 Å². The number of nitrogens with zero attached hydrogens (tertiary/aromatic N) is 3. The fraction of sp³-hybridized carbons (Fsp3) is 0.238. The lowest BCUT2D eigenvalue weighted by molar-refractivity contribution is 0.0730. The van der Waals surface area contributed by atoms with E-state index in [1.165, 1.54) is 16.4 Å². The molecule has 2 heterocycles. The van der Waals surface area contributed by atoms with Gasteiger partial charge in [0.25, 0.3) is 5.91 Å². The van der Waals surface area contributed by atoms with Crippen molar-refractivity contribution in [1.29, 1.82) is 0 Å². The Kier molecular flexibility index (Phi) is 6.82. The number of carbonyl (C=O) groups is 1. The highest BCUT2D eigenvalue weighted by atomic mass is 35.5. The van der Waals surface area contributed by atoms with Crippen molar-refractivity contribution in [2.24, 2.45) is 0 Å². The number of carbonyl (C=O) groups excluding carboxylic acids is 1. The summed E-state index contributed by atoms with van der Waals surface area (Å²) in [6.45, 7) is 1.46. The number of halogens is 2. The first-order valence-electron chi connectivity index (χ1n) is 9.80. The Morgan fingerprint density at radius 3 is 2.50 bits per heavy atom. The molecule has 32 heavy (non-hydrogen) atoms. The fourth-order valence-corrected chi connectivity index (χ4v) is 5.57. The summed E-state index contributed by atoms with van der Waals surface area (Å²) in [4.78, 5) is 12.8. The molecule has 0 atom stereocenters. The summed E-state index contributed by atoms with van der Waals surface area (Å²) in [6, 6.07) is 13.8. The number of nitrogens with one attached hydrogen (secondary N) is 1. The van der Waals surface area contributed by atoms with Gasteiger partial charge in [0, 0.05) is 19.2 Å². The van der Waals surface area contributed by atoms with Crippen LogP contribution in [0.5, 0.6) is 0 Å². The number of hydrogen-bond acceptors (Lipinski definition) is 5. The molecule has 168 valence electrons. The topological polar surface area (TPSA) is 93.5 Å². The van der Waals surface area contributed by atoms with Crippen LogP contribution in [0.1, 0.15) is 15.9 Å². The molecule has 4 rings (SSSR count). The number of rotatable bonds is 6. The lowest BCUT2D eigenvalue weighted by Crippen LogP contribution is -2.40. The first kappa shape index (κ1) is 22.8. The van der Waals surface area contributed by atoms with E-state index in [9.17, 15) is 13.2 Å². The molecular weight excluding hydrogens is 475 g/mol. The molecule has 1 saturated heterocycles. The van der Waals surface area contributed by atoms with Gasteiger partial charge in [0.1, 0.15) is 10.7 Å². The molecule has 8 nitrogen and oxygen atoms in total. The van der Waals surface area contributed by atoms with Gasteiger partial charge in [-0.1, -0.05) is 53.5 Å². The van der Waals surface area contributed by atoms with Gasteiger partial charge in [0.2, 0.25) is 10.0 Å². The highest BCUT2D eigenvalue weighted by molar-refractivity contribution is 7.89. The monoisotopic (exact) mass is 494 g/mol. The number of hydrogen-bond donors (Lipinski definition) is 1. The summed E-state index contributed by atoms with van der Waals surface area (Å²) >= 11 is 12.4. The van der Waals surface area contributed by atoms with Crippen molar-refractivity contribution in [3.8, 4) is 0 Å². The van der Waals surface area contributed by atoms with Crippen LogP contribution in [-0.4, -0.2) is 54.7 Å². The minimum atomic E-state index is -3.91. The third-order valence-electron chi connectivity index (χ3n) is 4.99. The molecule has 0 saturated carbocycles. The molecule has 1 aliphatic rings. The molecule has 0 unspecified atom stereocenters. The van der Waals surface area contributed by atoms with Crippen molar-refractivity contribution in [2.45, 2.75) is 11.4 Å². The van der Waals surface area contributed by atoms with Crippen LogP contribution in [-0.2, 0) is 21.3 Å². The molecule has 1 amide bonds. The lowest BCUT2D eigenvalue weighted by atomic mass is 10.2. The van der Waals surface area contributed by atoms with Crippen LogP contribution in [0.15, 0.2) is 59.6 Å². The third-order valence-corrected chi connectivity index (χ3v) is 7.66. The number of anilines is 1. The maximum atomic E-state index is 13.1. The number of aromatic nitrogens is 2. The minimum Gasteiger partial charge on any atom is -0.379 e. The largest absolute Gasteiger partial charge is 0.379 e. The molecule has 0 bridgehead atoms. The van der Waals surface area contributed by atoms with E-state index in [0.717, 1.165) is 5.56 Å². The normalized spacial score (nSPS) is 14.9. The van der Waals surface area contributed by atoms with Gasteiger partial charge in [0.15, 0.2) is 0 Å². The zero-order valence-electron chi connectivity index (χ0n) is 16.9. The van der Waals surface area contributed by atoms with Gasteiger partial charge in [-0.3, -0.25) is 4.79 Å².